The number of rotatable bonds is 7. The highest BCUT2D eigenvalue weighted by atomic mass is 79.9. The summed E-state index contributed by atoms with van der Waals surface area (Å²) in [6, 6.07) is 26.8. The zero-order chi connectivity index (χ0) is 41.3. The molecule has 0 atom stereocenters. The molecule has 5 aromatic rings. The minimum absolute atomic E-state index is 0.146. The number of carbonyl (C=O) groups excluding carboxylic acids is 1. The van der Waals surface area contributed by atoms with Gasteiger partial charge in [-0.25, -0.2) is 19.6 Å². The van der Waals surface area contributed by atoms with Crippen molar-refractivity contribution in [3.05, 3.63) is 135 Å². The molecule has 3 N–H and O–H groups in total. The molecular weight excluding hydrogens is 887 g/mol. The van der Waals surface area contributed by atoms with Crippen LogP contribution in [-0.2, 0) is 4.79 Å². The number of likely N-dealkylation sites (tertiary alicyclic amines) is 1. The van der Waals surface area contributed by atoms with Gasteiger partial charge in [-0.05, 0) is 130 Å². The molecule has 302 valence electrons. The summed E-state index contributed by atoms with van der Waals surface area (Å²) < 4.78 is 45.2. The van der Waals surface area contributed by atoms with Gasteiger partial charge in [-0.2, -0.15) is 18.3 Å². The van der Waals surface area contributed by atoms with E-state index in [2.05, 4.69) is 86.9 Å². The highest BCUT2D eigenvalue weighted by Crippen LogP contribution is 2.26. The number of nitrogens with zero attached hydrogens (tertiary/aromatic N) is 5. The molecule has 3 aromatic heterocycles. The Labute approximate surface area is 349 Å². The summed E-state index contributed by atoms with van der Waals surface area (Å²) in [6.45, 7) is 3.48. The smallest absolute Gasteiger partial charge is 0.475 e. The lowest BCUT2D eigenvalue weighted by Gasteiger charge is -2.28. The number of nitrogens with one attached hydrogen (secondary N) is 2. The van der Waals surface area contributed by atoms with Gasteiger partial charge in [-0.3, -0.25) is 5.32 Å². The molecule has 2 aliphatic rings. The van der Waals surface area contributed by atoms with Crippen LogP contribution in [0.5, 0.6) is 23.3 Å². The maximum atomic E-state index is 12.4. The second-order valence-electron chi connectivity index (χ2n) is 12.7. The van der Waals surface area contributed by atoms with Crippen molar-refractivity contribution in [3.8, 4) is 23.3 Å². The molecule has 0 unspecified atom stereocenters. The van der Waals surface area contributed by atoms with Crippen LogP contribution >= 0.6 is 31.9 Å². The molecule has 7 rings (SSSR count). The second kappa shape index (κ2) is 21.8. The number of halogens is 5. The number of ether oxygens (including phenoxy) is 2. The Bertz CT molecular complexity index is 2160. The fraction of sp³-hybridized carbons (Fsp3) is 0.220. The van der Waals surface area contributed by atoms with E-state index in [1.807, 2.05) is 60.7 Å². The Morgan fingerprint density at radius 2 is 1.28 bits per heavy atom. The average molecular weight is 926 g/mol. The number of alkyl halides is 3. The molecule has 2 aromatic carbocycles. The van der Waals surface area contributed by atoms with Crippen LogP contribution in [0.4, 0.5) is 23.8 Å². The maximum Gasteiger partial charge on any atom is 0.490 e. The molecule has 2 fully saturated rings. The van der Waals surface area contributed by atoms with Gasteiger partial charge in [0.1, 0.15) is 11.5 Å². The predicted molar refractivity (Wildman–Crippen MR) is 221 cm³/mol. The zero-order valence-corrected chi connectivity index (χ0v) is 34.0. The van der Waals surface area contributed by atoms with Crippen LogP contribution in [0.1, 0.15) is 36.8 Å². The summed E-state index contributed by atoms with van der Waals surface area (Å²) in [5, 5.41) is 20.9. The van der Waals surface area contributed by atoms with E-state index in [1.165, 1.54) is 16.7 Å². The number of pyridine rings is 2. The summed E-state index contributed by atoms with van der Waals surface area (Å²) in [5.74, 6) is 0.400. The number of urea groups is 1. The number of amides is 2. The van der Waals surface area contributed by atoms with Crippen LogP contribution in [0.25, 0.3) is 12.2 Å². The van der Waals surface area contributed by atoms with Crippen molar-refractivity contribution in [1.82, 2.24) is 30.4 Å². The third-order valence-corrected chi connectivity index (χ3v) is 9.23. The number of carboxylic acid groups (broad SMARTS) is 1. The SMILES string of the molecule is Brc1ccc(Oc2cccc(C=C3CCNCC3)c2)nc1.O=C(Nc1cccnn1)N1CCC(=Cc2cccc(Oc3ccc(Br)cn3)c2)CC1.O=C(O)C(F)(F)F. The first kappa shape index (κ1) is 43.5. The summed E-state index contributed by atoms with van der Waals surface area (Å²) >= 11 is 6.73. The largest absolute Gasteiger partial charge is 0.490 e. The lowest BCUT2D eigenvalue weighted by Crippen LogP contribution is -2.39. The lowest BCUT2D eigenvalue weighted by molar-refractivity contribution is -0.192. The van der Waals surface area contributed by atoms with E-state index in [0.29, 0.717) is 30.7 Å². The standard InChI is InChI=1S/C22H20BrN5O2.C17H17BrN2O.C2HF3O2/c23-18-6-7-21(24-15-18)30-19-4-1-3-17(14-19)13-16-8-11-28(12-9-16)22(29)26-20-5-2-10-25-27-20;18-15-4-5-17(20-12-15)21-16-3-1-2-14(11-16)10-13-6-8-19-9-7-13;3-2(4,5)1(6)7/h1-7,10,13-15H,8-9,11-12H2,(H,26,27,29);1-5,10-12,19H,6-9H2;(H,6,7). The van der Waals surface area contributed by atoms with Crippen LogP contribution in [-0.4, -0.2) is 74.5 Å². The van der Waals surface area contributed by atoms with Crippen LogP contribution in [0, 0.1) is 0 Å². The van der Waals surface area contributed by atoms with E-state index in [0.717, 1.165) is 64.8 Å². The molecule has 58 heavy (non-hydrogen) atoms. The third kappa shape index (κ3) is 15.0. The minimum atomic E-state index is -5.08. The van der Waals surface area contributed by atoms with Gasteiger partial charge in [0.25, 0.3) is 0 Å². The van der Waals surface area contributed by atoms with E-state index in [4.69, 9.17) is 19.4 Å². The number of aliphatic carboxylic acids is 1. The van der Waals surface area contributed by atoms with E-state index >= 15 is 0 Å². The molecule has 12 nitrogen and oxygen atoms in total. The van der Waals surface area contributed by atoms with Crippen LogP contribution < -0.4 is 20.1 Å². The van der Waals surface area contributed by atoms with Crippen molar-refractivity contribution in [3.63, 3.8) is 0 Å². The zero-order valence-electron chi connectivity index (χ0n) is 30.8. The highest BCUT2D eigenvalue weighted by Gasteiger charge is 2.38. The fourth-order valence-electron chi connectivity index (χ4n) is 5.48. The minimum Gasteiger partial charge on any atom is -0.475 e. The van der Waals surface area contributed by atoms with Gasteiger partial charge in [-0.1, -0.05) is 47.6 Å². The molecule has 2 amide bonds. The number of carboxylic acids is 1. The molecule has 2 aliphatic heterocycles. The molecule has 0 saturated carbocycles. The van der Waals surface area contributed by atoms with Crippen molar-refractivity contribution in [2.75, 3.05) is 31.5 Å². The summed E-state index contributed by atoms with van der Waals surface area (Å²) in [5.41, 5.74) is 5.05. The molecule has 0 radical (unpaired) electrons. The Morgan fingerprint density at radius 1 is 0.759 bits per heavy atom. The van der Waals surface area contributed by atoms with Crippen molar-refractivity contribution < 1.29 is 37.3 Å². The van der Waals surface area contributed by atoms with Gasteiger partial charge in [0.2, 0.25) is 11.8 Å². The first-order valence-electron chi connectivity index (χ1n) is 17.9. The molecule has 2 saturated heterocycles. The second-order valence-corrected chi connectivity index (χ2v) is 14.5. The van der Waals surface area contributed by atoms with E-state index < -0.39 is 12.1 Å². The highest BCUT2D eigenvalue weighted by molar-refractivity contribution is 9.10. The first-order valence-corrected chi connectivity index (χ1v) is 19.5. The molecule has 0 spiro atoms. The van der Waals surface area contributed by atoms with Gasteiger partial charge >= 0.3 is 18.2 Å². The van der Waals surface area contributed by atoms with Gasteiger partial charge in [0.05, 0.1) is 0 Å². The monoisotopic (exact) mass is 923 g/mol. The average Bonchev–Trinajstić information content (AvgIpc) is 3.21. The van der Waals surface area contributed by atoms with Gasteiger partial charge in [0.15, 0.2) is 5.82 Å². The Kier molecular flexibility index (Phi) is 16.3. The maximum absolute atomic E-state index is 12.4. The molecule has 17 heteroatoms. The van der Waals surface area contributed by atoms with E-state index in [-0.39, 0.29) is 6.03 Å². The molecular formula is C41H38Br2F3N7O5. The number of piperidine rings is 2. The van der Waals surface area contributed by atoms with Gasteiger partial charge < -0.3 is 24.8 Å². The van der Waals surface area contributed by atoms with Crippen molar-refractivity contribution >= 4 is 61.8 Å². The topological polar surface area (TPSA) is 152 Å². The van der Waals surface area contributed by atoms with Crippen molar-refractivity contribution in [1.29, 1.82) is 0 Å². The first-order chi connectivity index (χ1) is 27.9. The van der Waals surface area contributed by atoms with Gasteiger partial charge in [-0.15, -0.1) is 5.10 Å². The number of benzene rings is 2. The van der Waals surface area contributed by atoms with Crippen LogP contribution in [0.15, 0.2) is 124 Å². The number of carbonyl (C=O) groups is 2. The Morgan fingerprint density at radius 3 is 1.72 bits per heavy atom. The van der Waals surface area contributed by atoms with Gasteiger partial charge in [0, 0.05) is 52.8 Å². The Balaban J connectivity index is 0.000000198. The van der Waals surface area contributed by atoms with E-state index in [1.54, 1.807) is 35.6 Å². The fourth-order valence-corrected chi connectivity index (χ4v) is 5.95. The quantitative estimate of drug-likeness (QED) is 0.144. The lowest BCUT2D eigenvalue weighted by atomic mass is 10.0. The Hall–Kier alpha value is -5.65. The molecule has 5 heterocycles. The predicted octanol–water partition coefficient (Wildman–Crippen LogP) is 10.2. The third-order valence-electron chi connectivity index (χ3n) is 8.29. The molecule has 0 bridgehead atoms. The van der Waals surface area contributed by atoms with Crippen LogP contribution in [0.3, 0.4) is 0 Å². The summed E-state index contributed by atoms with van der Waals surface area (Å²) in [6.07, 6.45) is 8.26. The molecule has 0 aliphatic carbocycles. The van der Waals surface area contributed by atoms with Crippen molar-refractivity contribution in [2.24, 2.45) is 0 Å². The normalized spacial score (nSPS) is 13.8. The number of hydrogen-bond donors (Lipinski definition) is 3. The number of anilines is 1. The number of hydrogen-bond acceptors (Lipinski definition) is 9. The van der Waals surface area contributed by atoms with E-state index in [9.17, 15) is 18.0 Å². The summed E-state index contributed by atoms with van der Waals surface area (Å²) in [4.78, 5) is 31.5. The van der Waals surface area contributed by atoms with Crippen LogP contribution in [0.2, 0.25) is 0 Å². The number of aromatic nitrogens is 4. The summed E-state index contributed by atoms with van der Waals surface area (Å²) in [7, 11) is 0. The van der Waals surface area contributed by atoms with Crippen molar-refractivity contribution in [2.45, 2.75) is 31.9 Å².